The number of aryl methyl sites for hydroxylation is 1. The van der Waals surface area contributed by atoms with Gasteiger partial charge in [0.2, 0.25) is 0 Å². The van der Waals surface area contributed by atoms with E-state index in [1.54, 1.807) is 11.8 Å². The van der Waals surface area contributed by atoms with Crippen molar-refractivity contribution in [1.82, 2.24) is 15.0 Å². The number of hydrogen-bond acceptors (Lipinski definition) is 5. The number of fused-ring (bicyclic) bond motifs is 1. The molecule has 20 heavy (non-hydrogen) atoms. The average Bonchev–Trinajstić information content (AvgIpc) is 2.84. The van der Waals surface area contributed by atoms with Gasteiger partial charge in [-0.25, -0.2) is 15.8 Å². The van der Waals surface area contributed by atoms with Gasteiger partial charge in [-0.1, -0.05) is 30.0 Å². The maximum atomic E-state index is 5.49. The molecule has 0 aliphatic rings. The third-order valence-electron chi connectivity index (χ3n) is 3.06. The lowest BCUT2D eigenvalue weighted by Gasteiger charge is -2.09. The van der Waals surface area contributed by atoms with Crippen LogP contribution in [0.3, 0.4) is 0 Å². The molecular weight excluding hydrogens is 270 g/mol. The maximum absolute atomic E-state index is 5.49. The first-order chi connectivity index (χ1) is 9.67. The minimum Gasteiger partial charge on any atom is -0.349 e. The number of nitrogens with two attached hydrogens (primary N) is 1. The lowest BCUT2D eigenvalue weighted by atomic mass is 10.3. The Bertz CT molecular complexity index is 732. The van der Waals surface area contributed by atoms with Crippen molar-refractivity contribution in [3.05, 3.63) is 41.7 Å². The highest BCUT2D eigenvalue weighted by atomic mass is 32.2. The van der Waals surface area contributed by atoms with E-state index in [0.717, 1.165) is 21.1 Å². The zero-order valence-corrected chi connectivity index (χ0v) is 12.1. The molecule has 3 rings (SSSR count). The predicted octanol–water partition coefficient (Wildman–Crippen LogP) is 3.01. The van der Waals surface area contributed by atoms with E-state index in [0.29, 0.717) is 11.6 Å². The highest BCUT2D eigenvalue weighted by Gasteiger charge is 2.11. The zero-order valence-electron chi connectivity index (χ0n) is 11.3. The number of aromatic amines is 1. The summed E-state index contributed by atoms with van der Waals surface area (Å²) in [5.74, 6) is 6.85. The Morgan fingerprint density at radius 1 is 1.20 bits per heavy atom. The van der Waals surface area contributed by atoms with E-state index < -0.39 is 0 Å². The van der Waals surface area contributed by atoms with Crippen LogP contribution in [0, 0.1) is 13.8 Å². The monoisotopic (exact) mass is 285 g/mol. The Morgan fingerprint density at radius 2 is 2.00 bits per heavy atom. The SMILES string of the molecule is Cc1nc(NN)c(C)c(Sc2cc3ccccc3[nH]2)n1. The summed E-state index contributed by atoms with van der Waals surface area (Å²) in [6, 6.07) is 10.3. The molecule has 0 amide bonds. The van der Waals surface area contributed by atoms with Crippen LogP contribution in [0.4, 0.5) is 5.82 Å². The molecule has 0 bridgehead atoms. The molecule has 2 heterocycles. The van der Waals surface area contributed by atoms with E-state index in [2.05, 4.69) is 38.6 Å². The van der Waals surface area contributed by atoms with Crippen molar-refractivity contribution in [3.63, 3.8) is 0 Å². The van der Waals surface area contributed by atoms with Gasteiger partial charge in [0, 0.05) is 16.5 Å². The number of nitrogen functional groups attached to an aromatic ring is 1. The number of hydrazine groups is 1. The van der Waals surface area contributed by atoms with Crippen LogP contribution < -0.4 is 11.3 Å². The minimum atomic E-state index is 0.663. The van der Waals surface area contributed by atoms with E-state index in [1.807, 2.05) is 26.0 Å². The molecule has 0 spiro atoms. The van der Waals surface area contributed by atoms with Gasteiger partial charge in [-0.15, -0.1) is 0 Å². The summed E-state index contributed by atoms with van der Waals surface area (Å²) >= 11 is 1.58. The molecule has 2 aromatic heterocycles. The highest BCUT2D eigenvalue weighted by molar-refractivity contribution is 7.99. The van der Waals surface area contributed by atoms with Crippen LogP contribution >= 0.6 is 11.8 Å². The molecule has 5 nitrogen and oxygen atoms in total. The number of rotatable bonds is 3. The van der Waals surface area contributed by atoms with Crippen molar-refractivity contribution >= 4 is 28.5 Å². The van der Waals surface area contributed by atoms with Crippen molar-refractivity contribution in [1.29, 1.82) is 0 Å². The van der Waals surface area contributed by atoms with Crippen LogP contribution in [0.1, 0.15) is 11.4 Å². The number of H-pyrrole nitrogens is 1. The van der Waals surface area contributed by atoms with Gasteiger partial charge in [-0.2, -0.15) is 0 Å². The molecule has 0 aliphatic heterocycles. The molecule has 0 radical (unpaired) electrons. The van der Waals surface area contributed by atoms with E-state index in [-0.39, 0.29) is 0 Å². The Hall–Kier alpha value is -2.05. The summed E-state index contributed by atoms with van der Waals surface area (Å²) in [5, 5.41) is 3.14. The molecule has 0 saturated carbocycles. The Labute approximate surface area is 121 Å². The Morgan fingerprint density at radius 3 is 2.75 bits per heavy atom. The van der Waals surface area contributed by atoms with Crippen LogP contribution in [0.25, 0.3) is 10.9 Å². The second-order valence-electron chi connectivity index (χ2n) is 4.52. The second kappa shape index (κ2) is 5.15. The van der Waals surface area contributed by atoms with E-state index in [4.69, 9.17) is 5.84 Å². The number of aromatic nitrogens is 3. The van der Waals surface area contributed by atoms with E-state index in [9.17, 15) is 0 Å². The molecule has 3 aromatic rings. The van der Waals surface area contributed by atoms with Crippen molar-refractivity contribution in [2.24, 2.45) is 5.84 Å². The summed E-state index contributed by atoms with van der Waals surface area (Å²) in [4.78, 5) is 12.1. The fourth-order valence-corrected chi connectivity index (χ4v) is 3.03. The van der Waals surface area contributed by atoms with Crippen LogP contribution in [-0.2, 0) is 0 Å². The molecule has 102 valence electrons. The first-order valence-electron chi connectivity index (χ1n) is 6.25. The molecule has 0 unspecified atom stereocenters. The summed E-state index contributed by atoms with van der Waals surface area (Å²) in [7, 11) is 0. The van der Waals surface area contributed by atoms with Crippen LogP contribution in [-0.4, -0.2) is 15.0 Å². The van der Waals surface area contributed by atoms with Gasteiger partial charge in [0.25, 0.3) is 0 Å². The van der Waals surface area contributed by atoms with Crippen LogP contribution in [0.2, 0.25) is 0 Å². The fraction of sp³-hybridized carbons (Fsp3) is 0.143. The quantitative estimate of drug-likeness (QED) is 0.391. The molecule has 6 heteroatoms. The van der Waals surface area contributed by atoms with Gasteiger partial charge in [0.1, 0.15) is 16.7 Å². The Kier molecular flexibility index (Phi) is 3.33. The lowest BCUT2D eigenvalue weighted by Crippen LogP contribution is -2.12. The molecule has 1 aromatic carbocycles. The molecule has 0 atom stereocenters. The van der Waals surface area contributed by atoms with E-state index >= 15 is 0 Å². The summed E-state index contributed by atoms with van der Waals surface area (Å²) in [6.07, 6.45) is 0. The highest BCUT2D eigenvalue weighted by Crippen LogP contribution is 2.32. The third-order valence-corrected chi connectivity index (χ3v) is 4.09. The van der Waals surface area contributed by atoms with Crippen molar-refractivity contribution in [2.45, 2.75) is 23.9 Å². The predicted molar refractivity (Wildman–Crippen MR) is 81.7 cm³/mol. The van der Waals surface area contributed by atoms with Gasteiger partial charge >= 0.3 is 0 Å². The normalized spacial score (nSPS) is 10.9. The first-order valence-corrected chi connectivity index (χ1v) is 7.06. The smallest absolute Gasteiger partial charge is 0.147 e. The first kappa shape index (κ1) is 13.0. The number of nitrogens with one attached hydrogen (secondary N) is 2. The minimum absolute atomic E-state index is 0.663. The number of anilines is 1. The van der Waals surface area contributed by atoms with Crippen molar-refractivity contribution in [2.75, 3.05) is 5.43 Å². The average molecular weight is 285 g/mol. The number of nitrogens with zero attached hydrogens (tertiary/aromatic N) is 2. The summed E-state index contributed by atoms with van der Waals surface area (Å²) in [5.41, 5.74) is 4.68. The van der Waals surface area contributed by atoms with Crippen molar-refractivity contribution in [3.8, 4) is 0 Å². The zero-order chi connectivity index (χ0) is 14.1. The molecule has 0 aliphatic carbocycles. The van der Waals surface area contributed by atoms with E-state index in [1.165, 1.54) is 5.39 Å². The standard InChI is InChI=1S/C14H15N5S/c1-8-13(19-15)16-9(2)17-14(8)20-12-7-10-5-3-4-6-11(10)18-12/h3-7,18H,15H2,1-2H3,(H,16,17,19). The van der Waals surface area contributed by atoms with Gasteiger partial charge in [0.05, 0.1) is 5.03 Å². The molecule has 4 N–H and O–H groups in total. The molecule has 0 fully saturated rings. The summed E-state index contributed by atoms with van der Waals surface area (Å²) in [6.45, 7) is 3.81. The van der Waals surface area contributed by atoms with Gasteiger partial charge < -0.3 is 10.4 Å². The van der Waals surface area contributed by atoms with Crippen LogP contribution in [0.15, 0.2) is 40.4 Å². The Balaban J connectivity index is 2.00. The maximum Gasteiger partial charge on any atom is 0.147 e. The lowest BCUT2D eigenvalue weighted by molar-refractivity contribution is 0.934. The molecule has 0 saturated heterocycles. The fourth-order valence-electron chi connectivity index (χ4n) is 2.05. The largest absolute Gasteiger partial charge is 0.349 e. The topological polar surface area (TPSA) is 79.6 Å². The van der Waals surface area contributed by atoms with Gasteiger partial charge in [-0.05, 0) is 26.0 Å². The summed E-state index contributed by atoms with van der Waals surface area (Å²) < 4.78 is 0. The third kappa shape index (κ3) is 2.35. The second-order valence-corrected chi connectivity index (χ2v) is 5.55. The number of benzene rings is 1. The number of para-hydroxylation sites is 1. The van der Waals surface area contributed by atoms with Gasteiger partial charge in [0.15, 0.2) is 0 Å². The van der Waals surface area contributed by atoms with Crippen LogP contribution in [0.5, 0.6) is 0 Å². The molecular formula is C14H15N5S. The van der Waals surface area contributed by atoms with Crippen molar-refractivity contribution < 1.29 is 0 Å². The number of hydrogen-bond donors (Lipinski definition) is 3. The van der Waals surface area contributed by atoms with Gasteiger partial charge in [-0.3, -0.25) is 0 Å².